The van der Waals surface area contributed by atoms with E-state index < -0.39 is 7.14 Å². The zero-order valence-electron chi connectivity index (χ0n) is 8.66. The minimum atomic E-state index is -2.01. The van der Waals surface area contributed by atoms with Crippen LogP contribution in [-0.2, 0) is 4.57 Å². The molecule has 2 rings (SSSR count). The zero-order valence-corrected chi connectivity index (χ0v) is 9.55. The van der Waals surface area contributed by atoms with Crippen LogP contribution in [0, 0.1) is 0 Å². The summed E-state index contributed by atoms with van der Waals surface area (Å²) in [5, 5.41) is 3.34. The number of benzene rings is 1. The third-order valence-electron chi connectivity index (χ3n) is 2.80. The molecule has 0 saturated heterocycles. The van der Waals surface area contributed by atoms with E-state index >= 15 is 0 Å². The lowest BCUT2D eigenvalue weighted by molar-refractivity contribution is 0.568. The summed E-state index contributed by atoms with van der Waals surface area (Å²) in [7, 11) is -2.01. The van der Waals surface area contributed by atoms with Gasteiger partial charge in [0.2, 0.25) is 0 Å². The Morgan fingerprint density at radius 1 is 1.36 bits per heavy atom. The molecule has 76 valence electrons. The van der Waals surface area contributed by atoms with E-state index in [4.69, 9.17) is 0 Å². The molecule has 0 bridgehead atoms. The van der Waals surface area contributed by atoms with Crippen LogP contribution >= 0.6 is 7.14 Å². The van der Waals surface area contributed by atoms with E-state index in [0.29, 0.717) is 0 Å². The number of hydrogen-bond acceptors (Lipinski definition) is 2. The molecule has 0 aliphatic carbocycles. The molecule has 1 aromatic carbocycles. The van der Waals surface area contributed by atoms with Gasteiger partial charge < -0.3 is 9.88 Å². The maximum absolute atomic E-state index is 12.1. The van der Waals surface area contributed by atoms with Gasteiger partial charge in [-0.3, -0.25) is 0 Å². The second kappa shape index (κ2) is 3.43. The smallest absolute Gasteiger partial charge is 0.0891 e. The van der Waals surface area contributed by atoms with E-state index in [0.717, 1.165) is 18.7 Å². The number of rotatable bonds is 1. The summed E-state index contributed by atoms with van der Waals surface area (Å²) in [4.78, 5) is 0. The van der Waals surface area contributed by atoms with Crippen molar-refractivity contribution in [2.24, 2.45) is 0 Å². The molecule has 0 amide bonds. The van der Waals surface area contributed by atoms with Crippen LogP contribution in [0.25, 0.3) is 0 Å². The number of anilines is 1. The van der Waals surface area contributed by atoms with Gasteiger partial charge in [-0.2, -0.15) is 0 Å². The average Bonchev–Trinajstić information content (AvgIpc) is 2.15. The molecule has 1 heterocycles. The molecule has 0 fully saturated rings. The van der Waals surface area contributed by atoms with Crippen molar-refractivity contribution in [1.29, 1.82) is 0 Å². The highest BCUT2D eigenvalue weighted by molar-refractivity contribution is 7.62. The Morgan fingerprint density at radius 3 is 2.79 bits per heavy atom. The van der Waals surface area contributed by atoms with Crippen LogP contribution in [0.2, 0.25) is 0 Å². The maximum atomic E-state index is 12.1. The molecule has 0 saturated carbocycles. The van der Waals surface area contributed by atoms with Gasteiger partial charge >= 0.3 is 0 Å². The topological polar surface area (TPSA) is 29.1 Å². The summed E-state index contributed by atoms with van der Waals surface area (Å²) >= 11 is 0. The number of para-hydroxylation sites is 1. The first-order valence-electron chi connectivity index (χ1n) is 4.96. The van der Waals surface area contributed by atoms with Gasteiger partial charge in [-0.25, -0.2) is 0 Å². The highest BCUT2D eigenvalue weighted by atomic mass is 31.2. The van der Waals surface area contributed by atoms with Crippen molar-refractivity contribution in [2.75, 3.05) is 25.2 Å². The first-order valence-corrected chi connectivity index (χ1v) is 7.63. The lowest BCUT2D eigenvalue weighted by Gasteiger charge is -2.29. The van der Waals surface area contributed by atoms with Gasteiger partial charge in [0.1, 0.15) is 0 Å². The molecule has 1 aliphatic rings. The molecular formula is C11H16NOP. The molecule has 1 aliphatic heterocycles. The van der Waals surface area contributed by atoms with Gasteiger partial charge in [-0.1, -0.05) is 18.2 Å². The lowest BCUT2D eigenvalue weighted by atomic mass is 10.0. The fraction of sp³-hybridized carbons (Fsp3) is 0.455. The molecule has 3 heteroatoms. The average molecular weight is 209 g/mol. The fourth-order valence-electron chi connectivity index (χ4n) is 2.09. The summed E-state index contributed by atoms with van der Waals surface area (Å²) in [6.07, 6.45) is 0.987. The SMILES string of the molecule is CP(C)(=O)C1CCNc2ccccc21. The third-order valence-corrected chi connectivity index (χ3v) is 4.84. The number of nitrogens with one attached hydrogen (secondary N) is 1. The second-order valence-corrected chi connectivity index (χ2v) is 7.74. The van der Waals surface area contributed by atoms with Crippen molar-refractivity contribution < 1.29 is 4.57 Å². The molecule has 14 heavy (non-hydrogen) atoms. The molecular weight excluding hydrogens is 193 g/mol. The molecule has 1 aromatic rings. The Balaban J connectivity index is 2.46. The standard InChI is InChI=1S/C11H16NOP/c1-14(2,13)11-7-8-12-10-6-4-3-5-9(10)11/h3-6,11-12H,7-8H2,1-2H3. The van der Waals surface area contributed by atoms with Crippen LogP contribution in [0.4, 0.5) is 5.69 Å². The monoisotopic (exact) mass is 209 g/mol. The molecule has 0 aromatic heterocycles. The highest BCUT2D eigenvalue weighted by Crippen LogP contribution is 2.57. The third kappa shape index (κ3) is 1.72. The van der Waals surface area contributed by atoms with Crippen molar-refractivity contribution in [3.63, 3.8) is 0 Å². The summed E-state index contributed by atoms with van der Waals surface area (Å²) in [6, 6.07) is 8.20. The van der Waals surface area contributed by atoms with Crippen LogP contribution in [-0.4, -0.2) is 19.9 Å². The Morgan fingerprint density at radius 2 is 2.07 bits per heavy atom. The predicted octanol–water partition coefficient (Wildman–Crippen LogP) is 3.17. The van der Waals surface area contributed by atoms with Crippen molar-refractivity contribution in [1.82, 2.24) is 0 Å². The molecule has 0 radical (unpaired) electrons. The van der Waals surface area contributed by atoms with E-state index in [-0.39, 0.29) is 5.66 Å². The van der Waals surface area contributed by atoms with Crippen molar-refractivity contribution in [2.45, 2.75) is 12.1 Å². The van der Waals surface area contributed by atoms with E-state index in [9.17, 15) is 4.57 Å². The number of fused-ring (bicyclic) bond motifs is 1. The summed E-state index contributed by atoms with van der Waals surface area (Å²) in [6.45, 7) is 4.72. The fourth-order valence-corrected chi connectivity index (χ4v) is 3.74. The zero-order chi connectivity index (χ0) is 10.2. The van der Waals surface area contributed by atoms with Crippen molar-refractivity contribution in [3.8, 4) is 0 Å². The molecule has 1 unspecified atom stereocenters. The Bertz CT molecular complexity index is 383. The lowest BCUT2D eigenvalue weighted by Crippen LogP contribution is -2.16. The van der Waals surface area contributed by atoms with Gasteiger partial charge in [0.25, 0.3) is 0 Å². The quantitative estimate of drug-likeness (QED) is 0.720. The van der Waals surface area contributed by atoms with Gasteiger partial charge in [-0.05, 0) is 31.4 Å². The summed E-state index contributed by atoms with van der Waals surface area (Å²) in [5.41, 5.74) is 2.64. The largest absolute Gasteiger partial charge is 0.385 e. The molecule has 1 N–H and O–H groups in total. The number of hydrogen-bond donors (Lipinski definition) is 1. The normalized spacial score (nSPS) is 21.1. The Labute approximate surface area is 85.1 Å². The molecule has 0 spiro atoms. The minimum Gasteiger partial charge on any atom is -0.385 e. The van der Waals surface area contributed by atoms with Gasteiger partial charge in [-0.15, -0.1) is 0 Å². The van der Waals surface area contributed by atoms with E-state index in [2.05, 4.69) is 17.4 Å². The summed E-state index contributed by atoms with van der Waals surface area (Å²) in [5.74, 6) is 0. The maximum Gasteiger partial charge on any atom is 0.0891 e. The first-order chi connectivity index (χ1) is 6.59. The van der Waals surface area contributed by atoms with Gasteiger partial charge in [0.05, 0.1) is 7.14 Å². The van der Waals surface area contributed by atoms with E-state index in [1.807, 2.05) is 25.5 Å². The molecule has 1 atom stereocenters. The van der Waals surface area contributed by atoms with Crippen LogP contribution in [0.1, 0.15) is 17.6 Å². The Kier molecular flexibility index (Phi) is 2.40. The predicted molar refractivity (Wildman–Crippen MR) is 61.7 cm³/mol. The minimum absolute atomic E-state index is 0.250. The Hall–Kier alpha value is -0.750. The van der Waals surface area contributed by atoms with E-state index in [1.54, 1.807) is 0 Å². The van der Waals surface area contributed by atoms with Crippen LogP contribution in [0.5, 0.6) is 0 Å². The highest BCUT2D eigenvalue weighted by Gasteiger charge is 2.28. The van der Waals surface area contributed by atoms with Crippen molar-refractivity contribution >= 4 is 12.8 Å². The first kappa shape index (κ1) is 9.79. The van der Waals surface area contributed by atoms with Crippen LogP contribution < -0.4 is 5.32 Å². The van der Waals surface area contributed by atoms with Crippen LogP contribution in [0.15, 0.2) is 24.3 Å². The van der Waals surface area contributed by atoms with Gasteiger partial charge in [0, 0.05) is 17.9 Å². The van der Waals surface area contributed by atoms with Gasteiger partial charge in [0.15, 0.2) is 0 Å². The van der Waals surface area contributed by atoms with E-state index in [1.165, 1.54) is 5.56 Å². The second-order valence-electron chi connectivity index (χ2n) is 4.25. The molecule has 2 nitrogen and oxygen atoms in total. The van der Waals surface area contributed by atoms with Crippen LogP contribution in [0.3, 0.4) is 0 Å². The summed E-state index contributed by atoms with van der Waals surface area (Å²) < 4.78 is 12.1. The van der Waals surface area contributed by atoms with Crippen molar-refractivity contribution in [3.05, 3.63) is 29.8 Å².